The minimum Gasteiger partial charge on any atom is -0.489 e. The molecule has 0 atom stereocenters. The number of carbonyl (C=O) groups excluding carboxylic acids is 1. The molecule has 2 rings (SSSR count). The number of hydrogen-bond acceptors (Lipinski definition) is 4. The van der Waals surface area contributed by atoms with Crippen molar-refractivity contribution >= 4 is 27.3 Å². The van der Waals surface area contributed by atoms with Gasteiger partial charge in [0.05, 0.1) is 18.5 Å². The summed E-state index contributed by atoms with van der Waals surface area (Å²) in [6.07, 6.45) is 1.16. The number of rotatable bonds is 3. The highest BCUT2D eigenvalue weighted by molar-refractivity contribution is 7.92. The van der Waals surface area contributed by atoms with Gasteiger partial charge in [0.1, 0.15) is 12.4 Å². The van der Waals surface area contributed by atoms with Crippen LogP contribution in [0.2, 0.25) is 0 Å². The molecular weight excluding hydrogens is 280 g/mol. The largest absolute Gasteiger partial charge is 0.489 e. The Bertz CT molecular complexity index is 625. The Hall–Kier alpha value is -1.76. The molecule has 0 saturated carbocycles. The van der Waals surface area contributed by atoms with E-state index >= 15 is 0 Å². The minimum atomic E-state index is -3.32. The fourth-order valence-corrected chi connectivity index (χ4v) is 2.82. The third kappa shape index (κ3) is 3.04. The number of benzene rings is 1. The zero-order valence-corrected chi connectivity index (χ0v) is 12.5. The number of nitrogens with one attached hydrogen (secondary N) is 1. The monoisotopic (exact) mass is 298 g/mol. The SMILES string of the molecule is CC(C)C(=O)Nc1ccc2c(c1)OCCN2S(C)(=O)=O. The summed E-state index contributed by atoms with van der Waals surface area (Å²) < 4.78 is 30.2. The number of amides is 1. The first kappa shape index (κ1) is 14.6. The lowest BCUT2D eigenvalue weighted by Crippen LogP contribution is -2.37. The smallest absolute Gasteiger partial charge is 0.232 e. The van der Waals surface area contributed by atoms with Gasteiger partial charge >= 0.3 is 0 Å². The molecule has 1 aliphatic heterocycles. The highest BCUT2D eigenvalue weighted by atomic mass is 32.2. The lowest BCUT2D eigenvalue weighted by atomic mass is 10.2. The third-order valence-corrected chi connectivity index (χ3v) is 4.15. The summed E-state index contributed by atoms with van der Waals surface area (Å²) in [4.78, 5) is 11.6. The predicted octanol–water partition coefficient (Wildman–Crippen LogP) is 1.44. The molecule has 7 heteroatoms. The third-order valence-electron chi connectivity index (χ3n) is 2.97. The molecule has 0 saturated heterocycles. The van der Waals surface area contributed by atoms with Gasteiger partial charge in [0.15, 0.2) is 0 Å². The number of fused-ring (bicyclic) bond motifs is 1. The summed E-state index contributed by atoms with van der Waals surface area (Å²) in [6, 6.07) is 4.96. The van der Waals surface area contributed by atoms with Crippen LogP contribution in [0.5, 0.6) is 5.75 Å². The Labute approximate surface area is 118 Å². The summed E-state index contributed by atoms with van der Waals surface area (Å²) in [5, 5.41) is 2.76. The predicted molar refractivity (Wildman–Crippen MR) is 77.6 cm³/mol. The Kier molecular flexibility index (Phi) is 3.89. The van der Waals surface area contributed by atoms with Crippen molar-refractivity contribution in [3.05, 3.63) is 18.2 Å². The fourth-order valence-electron chi connectivity index (χ4n) is 1.90. The Morgan fingerprint density at radius 2 is 2.10 bits per heavy atom. The Morgan fingerprint density at radius 3 is 2.70 bits per heavy atom. The van der Waals surface area contributed by atoms with E-state index in [9.17, 15) is 13.2 Å². The molecule has 0 fully saturated rings. The van der Waals surface area contributed by atoms with Crippen LogP contribution >= 0.6 is 0 Å². The maximum absolute atomic E-state index is 11.7. The number of sulfonamides is 1. The van der Waals surface area contributed by atoms with Gasteiger partial charge in [-0.3, -0.25) is 9.10 Å². The van der Waals surface area contributed by atoms with Gasteiger partial charge in [0.25, 0.3) is 0 Å². The first-order valence-electron chi connectivity index (χ1n) is 6.34. The first-order valence-corrected chi connectivity index (χ1v) is 8.19. The average Bonchev–Trinajstić information content (AvgIpc) is 2.36. The van der Waals surface area contributed by atoms with E-state index in [1.165, 1.54) is 4.31 Å². The van der Waals surface area contributed by atoms with Crippen molar-refractivity contribution in [1.29, 1.82) is 0 Å². The van der Waals surface area contributed by atoms with Crippen molar-refractivity contribution in [2.24, 2.45) is 5.92 Å². The average molecular weight is 298 g/mol. The molecule has 1 aromatic rings. The lowest BCUT2D eigenvalue weighted by Gasteiger charge is -2.29. The van der Waals surface area contributed by atoms with Crippen LogP contribution in [0.1, 0.15) is 13.8 Å². The van der Waals surface area contributed by atoms with Crippen LogP contribution in [0.25, 0.3) is 0 Å². The molecular formula is C13H18N2O4S. The van der Waals surface area contributed by atoms with Crippen molar-refractivity contribution in [3.8, 4) is 5.75 Å². The van der Waals surface area contributed by atoms with E-state index in [0.29, 0.717) is 30.3 Å². The number of ether oxygens (including phenoxy) is 1. The molecule has 0 aromatic heterocycles. The molecule has 0 unspecified atom stereocenters. The summed E-state index contributed by atoms with van der Waals surface area (Å²) in [5.41, 5.74) is 1.10. The summed E-state index contributed by atoms with van der Waals surface area (Å²) in [7, 11) is -3.32. The molecule has 6 nitrogen and oxygen atoms in total. The van der Waals surface area contributed by atoms with Crippen LogP contribution in [-0.2, 0) is 14.8 Å². The molecule has 1 N–H and O–H groups in total. The molecule has 0 bridgehead atoms. The highest BCUT2D eigenvalue weighted by Gasteiger charge is 2.25. The molecule has 1 heterocycles. The Morgan fingerprint density at radius 1 is 1.40 bits per heavy atom. The van der Waals surface area contributed by atoms with E-state index in [1.807, 2.05) is 0 Å². The highest BCUT2D eigenvalue weighted by Crippen LogP contribution is 2.35. The first-order chi connectivity index (χ1) is 9.29. The summed E-state index contributed by atoms with van der Waals surface area (Å²) >= 11 is 0. The van der Waals surface area contributed by atoms with E-state index in [2.05, 4.69) is 5.32 Å². The van der Waals surface area contributed by atoms with Crippen LogP contribution in [0.3, 0.4) is 0 Å². The second-order valence-corrected chi connectivity index (χ2v) is 6.92. The van der Waals surface area contributed by atoms with Crippen molar-refractivity contribution < 1.29 is 17.9 Å². The number of anilines is 2. The molecule has 20 heavy (non-hydrogen) atoms. The van der Waals surface area contributed by atoms with Crippen molar-refractivity contribution in [2.75, 3.05) is 29.0 Å². The van der Waals surface area contributed by atoms with Crippen molar-refractivity contribution in [2.45, 2.75) is 13.8 Å². The van der Waals surface area contributed by atoms with E-state index in [0.717, 1.165) is 6.26 Å². The normalized spacial score (nSPS) is 14.7. The lowest BCUT2D eigenvalue weighted by molar-refractivity contribution is -0.118. The van der Waals surface area contributed by atoms with Crippen LogP contribution in [0, 0.1) is 5.92 Å². The molecule has 0 aliphatic carbocycles. The molecule has 1 aromatic carbocycles. The number of nitrogens with zero attached hydrogens (tertiary/aromatic N) is 1. The molecule has 1 aliphatic rings. The van der Waals surface area contributed by atoms with Crippen LogP contribution < -0.4 is 14.4 Å². The molecule has 1 amide bonds. The van der Waals surface area contributed by atoms with E-state index in [1.54, 1.807) is 32.0 Å². The van der Waals surface area contributed by atoms with Crippen LogP contribution in [-0.4, -0.2) is 33.7 Å². The summed E-state index contributed by atoms with van der Waals surface area (Å²) in [6.45, 7) is 4.19. The number of carbonyl (C=O) groups is 1. The topological polar surface area (TPSA) is 75.7 Å². The standard InChI is InChI=1S/C13H18N2O4S/c1-9(2)13(16)14-10-4-5-11-12(8-10)19-7-6-15(11)20(3,17)18/h4-5,8-9H,6-7H2,1-3H3,(H,14,16). The zero-order valence-electron chi connectivity index (χ0n) is 11.7. The second kappa shape index (κ2) is 5.32. The van der Waals surface area contributed by atoms with Gasteiger partial charge < -0.3 is 10.1 Å². The quantitative estimate of drug-likeness (QED) is 0.916. The van der Waals surface area contributed by atoms with Crippen LogP contribution in [0.4, 0.5) is 11.4 Å². The maximum Gasteiger partial charge on any atom is 0.232 e. The fraction of sp³-hybridized carbons (Fsp3) is 0.462. The maximum atomic E-state index is 11.7. The van der Waals surface area contributed by atoms with Crippen molar-refractivity contribution in [3.63, 3.8) is 0 Å². The Balaban J connectivity index is 2.30. The van der Waals surface area contributed by atoms with E-state index in [-0.39, 0.29) is 11.8 Å². The van der Waals surface area contributed by atoms with Gasteiger partial charge in [-0.25, -0.2) is 8.42 Å². The van der Waals surface area contributed by atoms with Crippen molar-refractivity contribution in [1.82, 2.24) is 0 Å². The van der Waals surface area contributed by atoms with Gasteiger partial charge in [-0.05, 0) is 12.1 Å². The molecule has 0 radical (unpaired) electrons. The van der Waals surface area contributed by atoms with E-state index < -0.39 is 10.0 Å². The van der Waals surface area contributed by atoms with Gasteiger partial charge in [0, 0.05) is 17.7 Å². The minimum absolute atomic E-state index is 0.0965. The van der Waals surface area contributed by atoms with Gasteiger partial charge in [0.2, 0.25) is 15.9 Å². The number of hydrogen-bond donors (Lipinski definition) is 1. The molecule has 0 spiro atoms. The second-order valence-electron chi connectivity index (χ2n) is 5.01. The summed E-state index contributed by atoms with van der Waals surface area (Å²) in [5.74, 6) is 0.239. The van der Waals surface area contributed by atoms with Gasteiger partial charge in [-0.2, -0.15) is 0 Å². The zero-order chi connectivity index (χ0) is 14.9. The van der Waals surface area contributed by atoms with Crippen LogP contribution in [0.15, 0.2) is 18.2 Å². The molecule has 110 valence electrons. The van der Waals surface area contributed by atoms with E-state index in [4.69, 9.17) is 4.74 Å². The van der Waals surface area contributed by atoms with Gasteiger partial charge in [-0.1, -0.05) is 13.8 Å². The van der Waals surface area contributed by atoms with Gasteiger partial charge in [-0.15, -0.1) is 0 Å².